The first kappa shape index (κ1) is 30.2. The summed E-state index contributed by atoms with van der Waals surface area (Å²) in [5.74, 6) is 2.18. The summed E-state index contributed by atoms with van der Waals surface area (Å²) in [6, 6.07) is 30.8. The zero-order valence-electron chi connectivity index (χ0n) is 25.8. The molecule has 0 spiro atoms. The molecular formula is C38H43NO4. The highest BCUT2D eigenvalue weighted by Crippen LogP contribution is 2.48. The van der Waals surface area contributed by atoms with E-state index >= 15 is 0 Å². The number of carbonyl (C=O) groups is 1. The number of nitrogens with one attached hydrogen (secondary N) is 1. The topological polar surface area (TPSA) is 56.8 Å². The van der Waals surface area contributed by atoms with Crippen LogP contribution in [0.3, 0.4) is 0 Å². The Morgan fingerprint density at radius 2 is 1.44 bits per heavy atom. The minimum absolute atomic E-state index is 0.0682. The SMILES string of the molecule is CCCC(NC(C)=O)(Oc1c(C)cccc1C)C1CCCc2c1ccc(OCc1ccccc1)c2OCc1ccccc1. The minimum Gasteiger partial charge on any atom is -0.485 e. The number of rotatable bonds is 12. The largest absolute Gasteiger partial charge is 0.485 e. The Hall–Kier alpha value is -4.25. The predicted octanol–water partition coefficient (Wildman–Crippen LogP) is 8.59. The highest BCUT2D eigenvalue weighted by atomic mass is 16.5. The van der Waals surface area contributed by atoms with Gasteiger partial charge in [0.05, 0.1) is 0 Å². The second kappa shape index (κ2) is 13.8. The van der Waals surface area contributed by atoms with E-state index in [1.165, 1.54) is 0 Å². The van der Waals surface area contributed by atoms with Crippen molar-refractivity contribution in [2.75, 3.05) is 0 Å². The molecule has 0 saturated heterocycles. The van der Waals surface area contributed by atoms with Crippen LogP contribution in [0, 0.1) is 13.8 Å². The zero-order chi connectivity index (χ0) is 30.2. The van der Waals surface area contributed by atoms with Crippen molar-refractivity contribution >= 4 is 5.91 Å². The number of benzene rings is 4. The van der Waals surface area contributed by atoms with Crippen molar-refractivity contribution in [2.45, 2.75) is 84.7 Å². The fraction of sp³-hybridized carbons (Fsp3) is 0.342. The molecule has 0 aliphatic heterocycles. The number of hydrogen-bond donors (Lipinski definition) is 1. The van der Waals surface area contributed by atoms with Crippen LogP contribution in [0.2, 0.25) is 0 Å². The number of para-hydroxylation sites is 1. The van der Waals surface area contributed by atoms with E-state index in [9.17, 15) is 4.79 Å². The lowest BCUT2D eigenvalue weighted by molar-refractivity contribution is -0.127. The molecule has 1 aliphatic carbocycles. The molecule has 1 aliphatic rings. The summed E-state index contributed by atoms with van der Waals surface area (Å²) in [4.78, 5) is 12.8. The molecule has 224 valence electrons. The Bertz CT molecular complexity index is 1500. The predicted molar refractivity (Wildman–Crippen MR) is 172 cm³/mol. The van der Waals surface area contributed by atoms with E-state index in [4.69, 9.17) is 14.2 Å². The summed E-state index contributed by atoms with van der Waals surface area (Å²) in [7, 11) is 0. The van der Waals surface area contributed by atoms with E-state index in [1.54, 1.807) is 6.92 Å². The molecule has 2 atom stereocenters. The molecule has 4 aromatic carbocycles. The van der Waals surface area contributed by atoms with Gasteiger partial charge in [0.2, 0.25) is 5.91 Å². The van der Waals surface area contributed by atoms with E-state index in [-0.39, 0.29) is 11.8 Å². The third-order valence-corrected chi connectivity index (χ3v) is 8.28. The molecule has 0 bridgehead atoms. The number of amides is 1. The number of fused-ring (bicyclic) bond motifs is 1. The van der Waals surface area contributed by atoms with Gasteiger partial charge in [0.1, 0.15) is 19.0 Å². The van der Waals surface area contributed by atoms with Gasteiger partial charge in [-0.05, 0) is 67.0 Å². The first-order chi connectivity index (χ1) is 20.9. The van der Waals surface area contributed by atoms with Crippen LogP contribution >= 0.6 is 0 Å². The normalized spacial score (nSPS) is 15.6. The zero-order valence-corrected chi connectivity index (χ0v) is 25.8. The third-order valence-electron chi connectivity index (χ3n) is 8.28. The molecule has 5 nitrogen and oxygen atoms in total. The smallest absolute Gasteiger partial charge is 0.219 e. The van der Waals surface area contributed by atoms with Crippen LogP contribution in [0.5, 0.6) is 17.2 Å². The van der Waals surface area contributed by atoms with Crippen molar-refractivity contribution in [3.05, 3.63) is 124 Å². The Morgan fingerprint density at radius 1 is 0.814 bits per heavy atom. The summed E-state index contributed by atoms with van der Waals surface area (Å²) in [5.41, 5.74) is 5.68. The molecule has 2 unspecified atom stereocenters. The third kappa shape index (κ3) is 7.05. The van der Waals surface area contributed by atoms with Crippen molar-refractivity contribution in [3.63, 3.8) is 0 Å². The Morgan fingerprint density at radius 3 is 2.05 bits per heavy atom. The Kier molecular flexibility index (Phi) is 9.71. The summed E-state index contributed by atoms with van der Waals surface area (Å²) in [6.45, 7) is 8.74. The van der Waals surface area contributed by atoms with Gasteiger partial charge in [-0.25, -0.2) is 0 Å². The maximum absolute atomic E-state index is 12.8. The molecule has 4 aromatic rings. The second-order valence-corrected chi connectivity index (χ2v) is 11.6. The van der Waals surface area contributed by atoms with Gasteiger partial charge < -0.3 is 19.5 Å². The Balaban J connectivity index is 1.58. The number of aryl methyl sites for hydroxylation is 2. The maximum atomic E-state index is 12.8. The summed E-state index contributed by atoms with van der Waals surface area (Å²) in [6.07, 6.45) is 4.23. The molecule has 1 amide bonds. The standard InChI is InChI=1S/C38H43NO4/c1-5-24-38(39-29(4)40,43-36-27(2)14-12-15-28(36)3)34-21-13-20-33-32(34)22-23-35(41-25-30-16-8-6-9-17-30)37(33)42-26-31-18-10-7-11-19-31/h6-12,14-19,22-23,34H,5,13,20-21,24-26H2,1-4H3,(H,39,40). The maximum Gasteiger partial charge on any atom is 0.219 e. The lowest BCUT2D eigenvalue weighted by Crippen LogP contribution is -2.57. The van der Waals surface area contributed by atoms with Crippen molar-refractivity contribution in [1.29, 1.82) is 0 Å². The lowest BCUT2D eigenvalue weighted by atomic mass is 9.74. The van der Waals surface area contributed by atoms with E-state index in [2.05, 4.69) is 68.6 Å². The minimum atomic E-state index is -0.907. The van der Waals surface area contributed by atoms with Crippen LogP contribution in [0.1, 0.15) is 78.8 Å². The summed E-state index contributed by atoms with van der Waals surface area (Å²) >= 11 is 0. The molecule has 0 saturated carbocycles. The van der Waals surface area contributed by atoms with Crippen LogP contribution < -0.4 is 19.5 Å². The average Bonchev–Trinajstić information content (AvgIpc) is 3.01. The van der Waals surface area contributed by atoms with Crippen molar-refractivity contribution in [3.8, 4) is 17.2 Å². The van der Waals surface area contributed by atoms with Gasteiger partial charge in [0, 0.05) is 24.8 Å². The second-order valence-electron chi connectivity index (χ2n) is 11.6. The molecule has 5 heteroatoms. The average molecular weight is 578 g/mol. The fourth-order valence-electron chi connectivity index (χ4n) is 6.35. The molecule has 1 N–H and O–H groups in total. The van der Waals surface area contributed by atoms with Gasteiger partial charge in [-0.1, -0.05) is 98.3 Å². The van der Waals surface area contributed by atoms with Crippen LogP contribution in [-0.2, 0) is 24.4 Å². The monoisotopic (exact) mass is 577 g/mol. The number of ether oxygens (including phenoxy) is 3. The van der Waals surface area contributed by atoms with Crippen molar-refractivity contribution < 1.29 is 19.0 Å². The van der Waals surface area contributed by atoms with Gasteiger partial charge in [0.25, 0.3) is 0 Å². The van der Waals surface area contributed by atoms with Crippen molar-refractivity contribution in [2.24, 2.45) is 0 Å². The molecule has 5 rings (SSSR count). The number of hydrogen-bond acceptors (Lipinski definition) is 4. The lowest BCUT2D eigenvalue weighted by Gasteiger charge is -2.44. The van der Waals surface area contributed by atoms with Crippen LogP contribution in [0.4, 0.5) is 0 Å². The van der Waals surface area contributed by atoms with Gasteiger partial charge >= 0.3 is 0 Å². The highest BCUT2D eigenvalue weighted by molar-refractivity contribution is 5.74. The summed E-state index contributed by atoms with van der Waals surface area (Å²) < 4.78 is 20.0. The van der Waals surface area contributed by atoms with Gasteiger partial charge in [-0.2, -0.15) is 0 Å². The van der Waals surface area contributed by atoms with E-state index in [1.807, 2.05) is 48.5 Å². The highest BCUT2D eigenvalue weighted by Gasteiger charge is 2.45. The van der Waals surface area contributed by atoms with E-state index < -0.39 is 5.72 Å². The van der Waals surface area contributed by atoms with Gasteiger partial charge in [-0.15, -0.1) is 0 Å². The molecule has 0 heterocycles. The summed E-state index contributed by atoms with van der Waals surface area (Å²) in [5, 5.41) is 3.31. The van der Waals surface area contributed by atoms with Crippen LogP contribution in [-0.4, -0.2) is 11.6 Å². The molecule has 43 heavy (non-hydrogen) atoms. The van der Waals surface area contributed by atoms with E-state index in [0.29, 0.717) is 19.6 Å². The Labute approximate surface area is 256 Å². The molecule has 0 aromatic heterocycles. The quantitative estimate of drug-likeness (QED) is 0.171. The molecule has 0 radical (unpaired) electrons. The first-order valence-corrected chi connectivity index (χ1v) is 15.4. The molecule has 0 fully saturated rings. The van der Waals surface area contributed by atoms with E-state index in [0.717, 1.165) is 76.3 Å². The number of carbonyl (C=O) groups excluding carboxylic acids is 1. The van der Waals surface area contributed by atoms with Gasteiger partial charge in [-0.3, -0.25) is 4.79 Å². The fourth-order valence-corrected chi connectivity index (χ4v) is 6.35. The van der Waals surface area contributed by atoms with Crippen molar-refractivity contribution in [1.82, 2.24) is 5.32 Å². The van der Waals surface area contributed by atoms with Gasteiger partial charge in [0.15, 0.2) is 17.2 Å². The van der Waals surface area contributed by atoms with Crippen LogP contribution in [0.15, 0.2) is 91.0 Å². The van der Waals surface area contributed by atoms with Crippen LogP contribution in [0.25, 0.3) is 0 Å². The molecular weight excluding hydrogens is 534 g/mol. The first-order valence-electron chi connectivity index (χ1n) is 15.4.